The molecule has 0 fully saturated rings. The Hall–Kier alpha value is -3.89. The number of sulfone groups is 1. The third kappa shape index (κ3) is 5.03. The summed E-state index contributed by atoms with van der Waals surface area (Å²) in [6.07, 6.45) is 4.01. The van der Waals surface area contributed by atoms with Crippen LogP contribution in [-0.4, -0.2) is 34.6 Å². The molecule has 5 rings (SSSR count). The zero-order valence-corrected chi connectivity index (χ0v) is 21.2. The highest BCUT2D eigenvalue weighted by Crippen LogP contribution is 2.41. The van der Waals surface area contributed by atoms with E-state index in [1.807, 2.05) is 6.92 Å². The molecule has 5 aromatic rings. The van der Waals surface area contributed by atoms with Gasteiger partial charge in [0.15, 0.2) is 21.3 Å². The summed E-state index contributed by atoms with van der Waals surface area (Å²) in [6.45, 7) is 1.87. The van der Waals surface area contributed by atoms with Crippen LogP contribution in [0.4, 0.5) is 14.6 Å². The summed E-state index contributed by atoms with van der Waals surface area (Å²) < 4.78 is 52.6. The Kier molecular flexibility index (Phi) is 6.38. The number of aromatic nitrogens is 4. The maximum Gasteiger partial charge on any atom is 0.182 e. The van der Waals surface area contributed by atoms with Crippen LogP contribution in [0.1, 0.15) is 18.5 Å². The predicted octanol–water partition coefficient (Wildman–Crippen LogP) is 6.20. The Bertz CT molecular complexity index is 1720. The van der Waals surface area contributed by atoms with Crippen LogP contribution < -0.4 is 5.32 Å². The number of anilines is 1. The molecule has 0 amide bonds. The summed E-state index contributed by atoms with van der Waals surface area (Å²) in [5.74, 6) is -0.972. The molecule has 0 spiro atoms. The van der Waals surface area contributed by atoms with Crippen molar-refractivity contribution in [3.8, 4) is 22.3 Å². The number of rotatable bonds is 6. The highest BCUT2D eigenvalue weighted by atomic mass is 35.5. The summed E-state index contributed by atoms with van der Waals surface area (Å²) in [7, 11) is -3.41. The molecule has 1 atom stereocenters. The van der Waals surface area contributed by atoms with Crippen LogP contribution in [-0.2, 0) is 9.84 Å². The largest absolute Gasteiger partial charge is 0.362 e. The number of imidazole rings is 1. The number of aromatic amines is 1. The van der Waals surface area contributed by atoms with Crippen LogP contribution in [0.5, 0.6) is 0 Å². The number of nitrogens with zero attached hydrogens (tertiary/aromatic N) is 3. The van der Waals surface area contributed by atoms with Crippen LogP contribution >= 0.6 is 11.6 Å². The lowest BCUT2D eigenvalue weighted by Crippen LogP contribution is -2.11. The van der Waals surface area contributed by atoms with Gasteiger partial charge in [0.05, 0.1) is 17.3 Å². The second kappa shape index (κ2) is 9.53. The number of fused-ring (bicyclic) bond motifs is 1. The van der Waals surface area contributed by atoms with Gasteiger partial charge in [-0.1, -0.05) is 23.7 Å². The minimum absolute atomic E-state index is 0.152. The topological polar surface area (TPSA) is 101 Å². The van der Waals surface area contributed by atoms with E-state index in [9.17, 15) is 17.2 Å². The fourth-order valence-corrected chi connectivity index (χ4v) is 5.11. The molecule has 7 nitrogen and oxygen atoms in total. The zero-order valence-electron chi connectivity index (χ0n) is 19.6. The van der Waals surface area contributed by atoms with Gasteiger partial charge >= 0.3 is 0 Å². The van der Waals surface area contributed by atoms with Gasteiger partial charge < -0.3 is 10.3 Å². The minimum Gasteiger partial charge on any atom is -0.362 e. The summed E-state index contributed by atoms with van der Waals surface area (Å²) in [4.78, 5) is 15.7. The first-order valence-corrected chi connectivity index (χ1v) is 13.4. The van der Waals surface area contributed by atoms with E-state index in [1.54, 1.807) is 24.3 Å². The zero-order chi connectivity index (χ0) is 26.3. The van der Waals surface area contributed by atoms with Crippen molar-refractivity contribution < 1.29 is 17.2 Å². The highest BCUT2D eigenvalue weighted by Gasteiger charge is 2.21. The smallest absolute Gasteiger partial charge is 0.182 e. The van der Waals surface area contributed by atoms with Gasteiger partial charge in [0.2, 0.25) is 0 Å². The molecule has 0 radical (unpaired) electrons. The Morgan fingerprint density at radius 2 is 1.65 bits per heavy atom. The molecular formula is C26H20ClF2N5O2S. The maximum absolute atomic E-state index is 14.4. The van der Waals surface area contributed by atoms with Crippen molar-refractivity contribution in [3.05, 3.63) is 89.5 Å². The van der Waals surface area contributed by atoms with Gasteiger partial charge in [0, 0.05) is 17.3 Å². The van der Waals surface area contributed by atoms with E-state index in [0.29, 0.717) is 49.8 Å². The second-order valence-corrected chi connectivity index (χ2v) is 11.0. The average Bonchev–Trinajstić information content (AvgIpc) is 3.32. The Balaban J connectivity index is 1.70. The Labute approximate surface area is 216 Å². The summed E-state index contributed by atoms with van der Waals surface area (Å²) in [5, 5.41) is 3.70. The number of H-pyrrole nitrogens is 1. The normalized spacial score (nSPS) is 12.6. The predicted molar refractivity (Wildman–Crippen MR) is 139 cm³/mol. The molecule has 2 N–H and O–H groups in total. The monoisotopic (exact) mass is 539 g/mol. The molecule has 0 aliphatic heterocycles. The first-order chi connectivity index (χ1) is 17.6. The molecule has 2 heterocycles. The lowest BCUT2D eigenvalue weighted by molar-refractivity contribution is 0.584. The van der Waals surface area contributed by atoms with Crippen LogP contribution in [0.25, 0.3) is 33.4 Å². The molecule has 11 heteroatoms. The van der Waals surface area contributed by atoms with Crippen LogP contribution in [0.3, 0.4) is 0 Å². The minimum atomic E-state index is -3.41. The SMILES string of the molecule is CC(Nc1ncnc2nc[nH]c12)c1cc(Cl)cc(-c2ccc(S(C)(=O)=O)cc2)c1-c1cc(F)cc(F)c1. The van der Waals surface area contributed by atoms with E-state index in [4.69, 9.17) is 11.6 Å². The molecule has 188 valence electrons. The van der Waals surface area contributed by atoms with Crippen molar-refractivity contribution in [3.63, 3.8) is 0 Å². The quantitative estimate of drug-likeness (QED) is 0.267. The van der Waals surface area contributed by atoms with Gasteiger partial charge in [0.1, 0.15) is 23.5 Å². The lowest BCUT2D eigenvalue weighted by Gasteiger charge is -2.23. The summed E-state index contributed by atoms with van der Waals surface area (Å²) >= 11 is 6.54. The van der Waals surface area contributed by atoms with Crippen LogP contribution in [0.15, 0.2) is 72.1 Å². The standard InChI is InChI=1S/C26H20ClF2N5O2S/c1-14(34-26-24-25(31-12-30-24)32-13-33-26)21-9-17(27)10-22(15-3-5-20(6-4-15)37(2,35)36)23(21)16-7-18(28)11-19(29)8-16/h3-14H,1-2H3,(H2,30,31,32,33,34). The molecule has 3 aromatic carbocycles. The number of hydrogen-bond donors (Lipinski definition) is 2. The van der Waals surface area contributed by atoms with E-state index >= 15 is 0 Å². The van der Waals surface area contributed by atoms with Gasteiger partial charge in [-0.15, -0.1) is 0 Å². The fraction of sp³-hybridized carbons (Fsp3) is 0.115. The average molecular weight is 540 g/mol. The first kappa shape index (κ1) is 24.8. The molecule has 2 aromatic heterocycles. The molecule has 37 heavy (non-hydrogen) atoms. The molecule has 0 saturated heterocycles. The van der Waals surface area contributed by atoms with Crippen molar-refractivity contribution in [2.75, 3.05) is 11.6 Å². The van der Waals surface area contributed by atoms with Gasteiger partial charge in [-0.25, -0.2) is 32.2 Å². The van der Waals surface area contributed by atoms with E-state index in [-0.39, 0.29) is 4.90 Å². The van der Waals surface area contributed by atoms with Crippen LogP contribution in [0.2, 0.25) is 5.02 Å². The van der Waals surface area contributed by atoms with E-state index < -0.39 is 27.5 Å². The number of halogens is 3. The van der Waals surface area contributed by atoms with Crippen molar-refractivity contribution in [1.29, 1.82) is 0 Å². The molecule has 0 aliphatic rings. The summed E-state index contributed by atoms with van der Waals surface area (Å²) in [6, 6.07) is 12.5. The van der Waals surface area contributed by atoms with E-state index in [2.05, 4.69) is 25.3 Å². The lowest BCUT2D eigenvalue weighted by atomic mass is 9.88. The fourth-order valence-electron chi connectivity index (χ4n) is 4.26. The third-order valence-corrected chi connectivity index (χ3v) is 7.27. The van der Waals surface area contributed by atoms with E-state index in [0.717, 1.165) is 12.3 Å². The summed E-state index contributed by atoms with van der Waals surface area (Å²) in [5.41, 5.74) is 3.77. The van der Waals surface area contributed by atoms with Crippen LogP contribution in [0, 0.1) is 11.6 Å². The Morgan fingerprint density at radius 3 is 2.32 bits per heavy atom. The van der Waals surface area contributed by atoms with Crippen molar-refractivity contribution >= 4 is 38.4 Å². The molecule has 0 saturated carbocycles. The molecule has 0 bridgehead atoms. The third-order valence-electron chi connectivity index (χ3n) is 5.92. The molecule has 1 unspecified atom stereocenters. The van der Waals surface area contributed by atoms with Gasteiger partial charge in [0.25, 0.3) is 0 Å². The maximum atomic E-state index is 14.4. The molecular weight excluding hydrogens is 520 g/mol. The van der Waals surface area contributed by atoms with Crippen molar-refractivity contribution in [2.24, 2.45) is 0 Å². The van der Waals surface area contributed by atoms with Gasteiger partial charge in [-0.3, -0.25) is 0 Å². The van der Waals surface area contributed by atoms with Crippen molar-refractivity contribution in [1.82, 2.24) is 19.9 Å². The van der Waals surface area contributed by atoms with E-state index in [1.165, 1.54) is 36.9 Å². The number of benzene rings is 3. The Morgan fingerprint density at radius 1 is 0.946 bits per heavy atom. The number of nitrogens with one attached hydrogen (secondary N) is 2. The van der Waals surface area contributed by atoms with Gasteiger partial charge in [-0.05, 0) is 71.1 Å². The van der Waals surface area contributed by atoms with Crippen molar-refractivity contribution in [2.45, 2.75) is 17.9 Å². The molecule has 0 aliphatic carbocycles. The number of hydrogen-bond acceptors (Lipinski definition) is 6. The highest BCUT2D eigenvalue weighted by molar-refractivity contribution is 7.90. The first-order valence-electron chi connectivity index (χ1n) is 11.1. The second-order valence-electron chi connectivity index (χ2n) is 8.56. The van der Waals surface area contributed by atoms with Gasteiger partial charge in [-0.2, -0.15) is 0 Å².